The zero-order valence-electron chi connectivity index (χ0n) is 9.87. The Morgan fingerprint density at radius 3 is 2.74 bits per heavy atom. The van der Waals surface area contributed by atoms with E-state index in [2.05, 4.69) is 15.9 Å². The fourth-order valence-corrected chi connectivity index (χ4v) is 2.30. The number of ether oxygens (including phenoxy) is 1. The van der Waals surface area contributed by atoms with Crippen molar-refractivity contribution in [1.82, 2.24) is 0 Å². The van der Waals surface area contributed by atoms with Crippen LogP contribution in [0.15, 0.2) is 40.9 Å². The summed E-state index contributed by atoms with van der Waals surface area (Å²) in [6.07, 6.45) is 0. The summed E-state index contributed by atoms with van der Waals surface area (Å²) in [7, 11) is 0. The predicted octanol–water partition coefficient (Wildman–Crippen LogP) is 4.31. The van der Waals surface area contributed by atoms with Crippen LogP contribution in [0.1, 0.15) is 11.1 Å². The summed E-state index contributed by atoms with van der Waals surface area (Å²) >= 11 is 9.14. The summed E-state index contributed by atoms with van der Waals surface area (Å²) in [6.45, 7) is 0.0959. The molecule has 2 rings (SSSR count). The maximum Gasteiger partial charge on any atom is 0.143 e. The molecule has 0 heterocycles. The van der Waals surface area contributed by atoms with Crippen LogP contribution in [0, 0.1) is 5.82 Å². The molecule has 0 aliphatic carbocycles. The van der Waals surface area contributed by atoms with Crippen LogP contribution in [0.2, 0.25) is 5.02 Å². The Kier molecular flexibility index (Phi) is 4.80. The van der Waals surface area contributed by atoms with Crippen molar-refractivity contribution in [3.05, 3.63) is 62.8 Å². The number of hydrogen-bond donors (Lipinski definition) is 1. The van der Waals surface area contributed by atoms with E-state index in [-0.39, 0.29) is 19.0 Å². The highest BCUT2D eigenvalue weighted by Gasteiger charge is 2.08. The van der Waals surface area contributed by atoms with Crippen LogP contribution in [0.4, 0.5) is 4.39 Å². The average Bonchev–Trinajstić information content (AvgIpc) is 2.41. The number of para-hydroxylation sites is 1. The van der Waals surface area contributed by atoms with Crippen LogP contribution in [0.25, 0.3) is 0 Å². The van der Waals surface area contributed by atoms with Gasteiger partial charge in [-0.15, -0.1) is 0 Å². The summed E-state index contributed by atoms with van der Waals surface area (Å²) < 4.78 is 19.1. The molecule has 100 valence electrons. The van der Waals surface area contributed by atoms with E-state index >= 15 is 0 Å². The molecule has 0 bridgehead atoms. The van der Waals surface area contributed by atoms with Gasteiger partial charge in [-0.25, -0.2) is 4.39 Å². The topological polar surface area (TPSA) is 29.5 Å². The summed E-state index contributed by atoms with van der Waals surface area (Å²) in [6, 6.07) is 9.82. The van der Waals surface area contributed by atoms with Crippen LogP contribution < -0.4 is 4.74 Å². The van der Waals surface area contributed by atoms with Gasteiger partial charge in [0, 0.05) is 5.56 Å². The number of rotatable bonds is 4. The normalized spacial score (nSPS) is 10.5. The zero-order chi connectivity index (χ0) is 13.8. The van der Waals surface area contributed by atoms with Gasteiger partial charge in [-0.05, 0) is 39.7 Å². The molecular formula is C14H11BrClFO2. The first-order chi connectivity index (χ1) is 9.11. The number of benzene rings is 2. The van der Waals surface area contributed by atoms with E-state index in [9.17, 15) is 9.50 Å². The fourth-order valence-electron chi connectivity index (χ4n) is 1.62. The first-order valence-electron chi connectivity index (χ1n) is 5.57. The lowest BCUT2D eigenvalue weighted by molar-refractivity contribution is 0.259. The van der Waals surface area contributed by atoms with Crippen molar-refractivity contribution in [2.24, 2.45) is 0 Å². The second-order valence-electron chi connectivity index (χ2n) is 3.92. The molecule has 2 aromatic rings. The van der Waals surface area contributed by atoms with Crippen molar-refractivity contribution >= 4 is 27.5 Å². The third-order valence-electron chi connectivity index (χ3n) is 2.59. The summed E-state index contributed by atoms with van der Waals surface area (Å²) in [5.74, 6) is 0.129. The van der Waals surface area contributed by atoms with E-state index < -0.39 is 0 Å². The number of halogens is 3. The van der Waals surface area contributed by atoms with Crippen molar-refractivity contribution in [3.63, 3.8) is 0 Å². The van der Waals surface area contributed by atoms with E-state index in [4.69, 9.17) is 16.3 Å². The molecule has 0 unspecified atom stereocenters. The lowest BCUT2D eigenvalue weighted by Gasteiger charge is -2.12. The van der Waals surface area contributed by atoms with E-state index in [0.717, 1.165) is 5.56 Å². The van der Waals surface area contributed by atoms with E-state index in [1.807, 2.05) is 0 Å². The Morgan fingerprint density at radius 2 is 2.05 bits per heavy atom. The van der Waals surface area contributed by atoms with Crippen LogP contribution >= 0.6 is 27.5 Å². The number of aliphatic hydroxyl groups excluding tert-OH is 1. The van der Waals surface area contributed by atoms with Crippen molar-refractivity contribution in [1.29, 1.82) is 0 Å². The summed E-state index contributed by atoms with van der Waals surface area (Å²) in [5.41, 5.74) is 1.42. The Labute approximate surface area is 123 Å². The molecule has 0 spiro atoms. The zero-order valence-corrected chi connectivity index (χ0v) is 12.2. The van der Waals surface area contributed by atoms with Crippen molar-refractivity contribution in [2.75, 3.05) is 0 Å². The average molecular weight is 346 g/mol. The monoisotopic (exact) mass is 344 g/mol. The van der Waals surface area contributed by atoms with E-state index in [1.54, 1.807) is 30.3 Å². The van der Waals surface area contributed by atoms with Gasteiger partial charge < -0.3 is 9.84 Å². The molecule has 0 aliphatic rings. The van der Waals surface area contributed by atoms with Gasteiger partial charge >= 0.3 is 0 Å². The molecule has 0 radical (unpaired) electrons. The molecular weight excluding hydrogens is 335 g/mol. The Bertz CT molecular complexity index is 590. The van der Waals surface area contributed by atoms with Gasteiger partial charge in [-0.2, -0.15) is 0 Å². The molecule has 0 aliphatic heterocycles. The molecule has 5 heteroatoms. The largest absolute Gasteiger partial charge is 0.487 e. The minimum atomic E-state index is -0.322. The molecule has 0 saturated heterocycles. The summed E-state index contributed by atoms with van der Waals surface area (Å²) in [5, 5.41) is 9.66. The Morgan fingerprint density at radius 1 is 1.26 bits per heavy atom. The molecule has 19 heavy (non-hydrogen) atoms. The minimum absolute atomic E-state index is 0.150. The molecule has 0 fully saturated rings. The van der Waals surface area contributed by atoms with Crippen LogP contribution in [0.3, 0.4) is 0 Å². The van der Waals surface area contributed by atoms with Gasteiger partial charge in [0.2, 0.25) is 0 Å². The van der Waals surface area contributed by atoms with Crippen molar-refractivity contribution in [3.8, 4) is 5.75 Å². The third-order valence-corrected chi connectivity index (χ3v) is 3.49. The van der Waals surface area contributed by atoms with Gasteiger partial charge in [-0.1, -0.05) is 29.8 Å². The van der Waals surface area contributed by atoms with Gasteiger partial charge in [-0.3, -0.25) is 0 Å². The molecule has 2 nitrogen and oxygen atoms in total. The minimum Gasteiger partial charge on any atom is -0.487 e. The first-order valence-corrected chi connectivity index (χ1v) is 6.74. The highest BCUT2D eigenvalue weighted by Crippen LogP contribution is 2.29. The van der Waals surface area contributed by atoms with E-state index in [1.165, 1.54) is 6.07 Å². The Hall–Kier alpha value is -1.10. The molecule has 0 amide bonds. The fraction of sp³-hybridized carbons (Fsp3) is 0.143. The van der Waals surface area contributed by atoms with Crippen LogP contribution in [-0.4, -0.2) is 5.11 Å². The predicted molar refractivity (Wildman–Crippen MR) is 75.8 cm³/mol. The highest BCUT2D eigenvalue weighted by molar-refractivity contribution is 9.10. The molecule has 0 aromatic heterocycles. The van der Waals surface area contributed by atoms with Crippen LogP contribution in [-0.2, 0) is 13.2 Å². The van der Waals surface area contributed by atoms with E-state index in [0.29, 0.717) is 20.8 Å². The highest BCUT2D eigenvalue weighted by atomic mass is 79.9. The van der Waals surface area contributed by atoms with Gasteiger partial charge in [0.25, 0.3) is 0 Å². The van der Waals surface area contributed by atoms with Gasteiger partial charge in [0.05, 0.1) is 16.1 Å². The quantitative estimate of drug-likeness (QED) is 0.894. The SMILES string of the molecule is OCc1cccc(Cl)c1OCc1ccc(F)c(Br)c1. The Balaban J connectivity index is 2.16. The molecule has 0 saturated carbocycles. The van der Waals surface area contributed by atoms with Gasteiger partial charge in [0.1, 0.15) is 18.2 Å². The standard InChI is InChI=1S/C14H11BrClFO2/c15-11-6-9(4-5-13(11)17)8-19-14-10(7-18)2-1-3-12(14)16/h1-6,18H,7-8H2. The number of aliphatic hydroxyl groups is 1. The summed E-state index contributed by atoms with van der Waals surface area (Å²) in [4.78, 5) is 0. The van der Waals surface area contributed by atoms with Crippen molar-refractivity contribution in [2.45, 2.75) is 13.2 Å². The smallest absolute Gasteiger partial charge is 0.143 e. The third kappa shape index (κ3) is 3.47. The van der Waals surface area contributed by atoms with Crippen LogP contribution in [0.5, 0.6) is 5.75 Å². The lowest BCUT2D eigenvalue weighted by Crippen LogP contribution is -2.00. The second kappa shape index (κ2) is 6.37. The number of hydrogen-bond acceptors (Lipinski definition) is 2. The lowest BCUT2D eigenvalue weighted by atomic mass is 10.2. The molecule has 0 atom stereocenters. The molecule has 1 N–H and O–H groups in total. The second-order valence-corrected chi connectivity index (χ2v) is 5.18. The van der Waals surface area contributed by atoms with Crippen molar-refractivity contribution < 1.29 is 14.2 Å². The maximum atomic E-state index is 13.1. The van der Waals surface area contributed by atoms with Gasteiger partial charge in [0.15, 0.2) is 0 Å². The first kappa shape index (κ1) is 14.3. The molecule has 2 aromatic carbocycles. The maximum absolute atomic E-state index is 13.1.